The zero-order valence-electron chi connectivity index (χ0n) is 13.2. The van der Waals surface area contributed by atoms with Gasteiger partial charge in [0.2, 0.25) is 0 Å². The van der Waals surface area contributed by atoms with Gasteiger partial charge in [0.05, 0.1) is 17.7 Å². The second-order valence-corrected chi connectivity index (χ2v) is 5.40. The molecule has 1 saturated heterocycles. The Hall–Kier alpha value is -2.48. The molecule has 8 heteroatoms. The monoisotopic (exact) mass is 316 g/mol. The Morgan fingerprint density at radius 3 is 2.96 bits per heavy atom. The summed E-state index contributed by atoms with van der Waals surface area (Å²) >= 11 is 0. The molecule has 1 amide bonds. The number of hydrogen-bond donors (Lipinski definition) is 2. The van der Waals surface area contributed by atoms with Crippen LogP contribution in [0.4, 0.5) is 5.82 Å². The fraction of sp³-hybridized carbons (Fsp3) is 0.467. The van der Waals surface area contributed by atoms with Gasteiger partial charge in [0.1, 0.15) is 18.0 Å². The number of carbonyl (C=O) groups excluding carboxylic acids is 1. The Morgan fingerprint density at radius 1 is 1.48 bits per heavy atom. The first kappa shape index (κ1) is 15.4. The van der Waals surface area contributed by atoms with E-state index < -0.39 is 0 Å². The number of nitrogens with zero attached hydrogens (tertiary/aromatic N) is 4. The fourth-order valence-corrected chi connectivity index (χ4v) is 2.81. The zero-order chi connectivity index (χ0) is 16.2. The number of anilines is 1. The highest BCUT2D eigenvalue weighted by Crippen LogP contribution is 2.34. The van der Waals surface area contributed by atoms with Crippen LogP contribution in [0.3, 0.4) is 0 Å². The second-order valence-electron chi connectivity index (χ2n) is 5.40. The van der Waals surface area contributed by atoms with Gasteiger partial charge in [-0.1, -0.05) is 0 Å². The SMILES string of the molecule is CCNC(=O)c1ccc(N2C[C@H](OC)C[C@H]2c2ncn[nH]2)nc1. The van der Waals surface area contributed by atoms with Gasteiger partial charge in [0.15, 0.2) is 0 Å². The molecule has 0 unspecified atom stereocenters. The summed E-state index contributed by atoms with van der Waals surface area (Å²) in [7, 11) is 1.71. The smallest absolute Gasteiger partial charge is 0.252 e. The van der Waals surface area contributed by atoms with Crippen LogP contribution in [0.5, 0.6) is 0 Å². The number of hydrogen-bond acceptors (Lipinski definition) is 6. The number of rotatable bonds is 5. The fourth-order valence-electron chi connectivity index (χ4n) is 2.81. The Kier molecular flexibility index (Phi) is 4.52. The molecule has 23 heavy (non-hydrogen) atoms. The molecule has 2 aromatic heterocycles. The van der Waals surface area contributed by atoms with Crippen molar-refractivity contribution in [3.05, 3.63) is 36.0 Å². The standard InChI is InChI=1S/C15H20N6O2/c1-3-16-15(22)10-4-5-13(17-7-10)21-8-11(23-2)6-12(21)14-18-9-19-20-14/h4-5,7,9,11-12H,3,6,8H2,1-2H3,(H,16,22)(H,18,19,20)/t11-,12+/m1/s1. The Bertz CT molecular complexity index is 642. The highest BCUT2D eigenvalue weighted by Gasteiger charge is 2.35. The predicted molar refractivity (Wildman–Crippen MR) is 84.1 cm³/mol. The van der Waals surface area contributed by atoms with Gasteiger partial charge < -0.3 is 15.0 Å². The highest BCUT2D eigenvalue weighted by atomic mass is 16.5. The summed E-state index contributed by atoms with van der Waals surface area (Å²) in [6.45, 7) is 3.20. The van der Waals surface area contributed by atoms with Gasteiger partial charge in [-0.3, -0.25) is 9.89 Å². The lowest BCUT2D eigenvalue weighted by Gasteiger charge is -2.23. The van der Waals surface area contributed by atoms with Crippen LogP contribution in [0, 0.1) is 0 Å². The summed E-state index contributed by atoms with van der Waals surface area (Å²) in [5.74, 6) is 1.47. The van der Waals surface area contributed by atoms with Crippen LogP contribution in [-0.4, -0.2) is 52.4 Å². The molecular weight excluding hydrogens is 296 g/mol. The van der Waals surface area contributed by atoms with E-state index >= 15 is 0 Å². The van der Waals surface area contributed by atoms with Crippen molar-refractivity contribution in [2.45, 2.75) is 25.5 Å². The second kappa shape index (κ2) is 6.74. The zero-order valence-corrected chi connectivity index (χ0v) is 13.2. The van der Waals surface area contributed by atoms with E-state index in [9.17, 15) is 4.79 Å². The van der Waals surface area contributed by atoms with Crippen molar-refractivity contribution < 1.29 is 9.53 Å². The summed E-state index contributed by atoms with van der Waals surface area (Å²) in [5.41, 5.74) is 0.550. The molecule has 1 aliphatic heterocycles. The number of pyridine rings is 1. The van der Waals surface area contributed by atoms with Crippen LogP contribution in [0.15, 0.2) is 24.7 Å². The molecule has 1 fully saturated rings. The molecule has 122 valence electrons. The average molecular weight is 316 g/mol. The van der Waals surface area contributed by atoms with Crippen molar-refractivity contribution in [1.82, 2.24) is 25.5 Å². The first-order valence-corrected chi connectivity index (χ1v) is 7.61. The maximum absolute atomic E-state index is 11.8. The minimum absolute atomic E-state index is 0.0327. The van der Waals surface area contributed by atoms with Gasteiger partial charge in [-0.25, -0.2) is 9.97 Å². The molecule has 2 N–H and O–H groups in total. The molecule has 0 bridgehead atoms. The van der Waals surface area contributed by atoms with Crippen LogP contribution in [0.25, 0.3) is 0 Å². The largest absolute Gasteiger partial charge is 0.380 e. The summed E-state index contributed by atoms with van der Waals surface area (Å²) < 4.78 is 5.49. The van der Waals surface area contributed by atoms with Crippen LogP contribution in [0.2, 0.25) is 0 Å². The molecule has 0 spiro atoms. The van der Waals surface area contributed by atoms with E-state index in [1.165, 1.54) is 6.33 Å². The summed E-state index contributed by atoms with van der Waals surface area (Å²) in [6.07, 6.45) is 4.01. The van der Waals surface area contributed by atoms with E-state index in [2.05, 4.69) is 30.4 Å². The number of nitrogens with one attached hydrogen (secondary N) is 2. The van der Waals surface area contributed by atoms with Crippen LogP contribution >= 0.6 is 0 Å². The van der Waals surface area contributed by atoms with Crippen LogP contribution < -0.4 is 10.2 Å². The molecule has 2 aromatic rings. The molecule has 8 nitrogen and oxygen atoms in total. The Labute approximate surface area is 134 Å². The first-order chi connectivity index (χ1) is 11.2. The molecule has 0 aromatic carbocycles. The summed E-state index contributed by atoms with van der Waals surface area (Å²) in [6, 6.07) is 3.67. The van der Waals surface area contributed by atoms with Gasteiger partial charge in [-0.2, -0.15) is 5.10 Å². The minimum Gasteiger partial charge on any atom is -0.380 e. The normalized spacial score (nSPS) is 20.7. The average Bonchev–Trinajstić information content (AvgIpc) is 3.24. The van der Waals surface area contributed by atoms with Crippen molar-refractivity contribution in [2.75, 3.05) is 25.1 Å². The summed E-state index contributed by atoms with van der Waals surface area (Å²) in [5, 5.41) is 9.61. The molecule has 3 rings (SSSR count). The van der Waals surface area contributed by atoms with Gasteiger partial charge in [-0.05, 0) is 19.1 Å². The van der Waals surface area contributed by atoms with E-state index in [1.807, 2.05) is 13.0 Å². The maximum atomic E-state index is 11.8. The van der Waals surface area contributed by atoms with Crippen molar-refractivity contribution in [3.8, 4) is 0 Å². The van der Waals surface area contributed by atoms with Gasteiger partial charge in [-0.15, -0.1) is 0 Å². The third kappa shape index (κ3) is 3.16. The topological polar surface area (TPSA) is 96.0 Å². The summed E-state index contributed by atoms with van der Waals surface area (Å²) in [4.78, 5) is 22.6. The number of aromatic nitrogens is 4. The number of aromatic amines is 1. The van der Waals surface area contributed by atoms with E-state index in [1.54, 1.807) is 19.4 Å². The lowest BCUT2D eigenvalue weighted by molar-refractivity contribution is 0.0955. The molecule has 2 atom stereocenters. The van der Waals surface area contributed by atoms with E-state index in [4.69, 9.17) is 4.74 Å². The number of carbonyl (C=O) groups is 1. The number of ether oxygens (including phenoxy) is 1. The number of H-pyrrole nitrogens is 1. The lowest BCUT2D eigenvalue weighted by Crippen LogP contribution is -2.27. The molecule has 0 aliphatic carbocycles. The third-order valence-corrected chi connectivity index (χ3v) is 3.99. The van der Waals surface area contributed by atoms with E-state index in [0.717, 1.165) is 24.6 Å². The quantitative estimate of drug-likeness (QED) is 0.851. The first-order valence-electron chi connectivity index (χ1n) is 7.61. The van der Waals surface area contributed by atoms with Gasteiger partial charge in [0.25, 0.3) is 5.91 Å². The molecule has 0 radical (unpaired) electrons. The van der Waals surface area contributed by atoms with Crippen molar-refractivity contribution in [3.63, 3.8) is 0 Å². The van der Waals surface area contributed by atoms with Crippen LogP contribution in [0.1, 0.15) is 35.6 Å². The van der Waals surface area contributed by atoms with Gasteiger partial charge >= 0.3 is 0 Å². The lowest BCUT2D eigenvalue weighted by atomic mass is 10.2. The van der Waals surface area contributed by atoms with Gasteiger partial charge in [0, 0.05) is 32.8 Å². The maximum Gasteiger partial charge on any atom is 0.252 e. The highest BCUT2D eigenvalue weighted by molar-refractivity contribution is 5.94. The van der Waals surface area contributed by atoms with E-state index in [-0.39, 0.29) is 18.1 Å². The van der Waals surface area contributed by atoms with E-state index in [0.29, 0.717) is 12.1 Å². The minimum atomic E-state index is -0.116. The molecule has 1 aliphatic rings. The predicted octanol–water partition coefficient (Wildman–Crippen LogP) is 0.916. The van der Waals surface area contributed by atoms with Crippen molar-refractivity contribution in [1.29, 1.82) is 0 Å². The Morgan fingerprint density at radius 2 is 2.35 bits per heavy atom. The number of methoxy groups -OCH3 is 1. The van der Waals surface area contributed by atoms with Crippen LogP contribution in [-0.2, 0) is 4.74 Å². The molecule has 0 saturated carbocycles. The molecular formula is C15H20N6O2. The Balaban J connectivity index is 1.82. The van der Waals surface area contributed by atoms with Crippen molar-refractivity contribution in [2.24, 2.45) is 0 Å². The number of amides is 1. The van der Waals surface area contributed by atoms with Crippen molar-refractivity contribution >= 4 is 11.7 Å². The molecule has 3 heterocycles. The third-order valence-electron chi connectivity index (χ3n) is 3.99.